The molecule has 7 heteroatoms. The number of nitrogens with zero attached hydrogens (tertiary/aromatic N) is 2. The maximum atomic E-state index is 13.3. The van der Waals surface area contributed by atoms with Crippen molar-refractivity contribution in [3.63, 3.8) is 0 Å². The summed E-state index contributed by atoms with van der Waals surface area (Å²) in [5.74, 6) is -2.08. The molecule has 0 aromatic heterocycles. The van der Waals surface area contributed by atoms with Crippen LogP contribution in [0.5, 0.6) is 0 Å². The highest BCUT2D eigenvalue weighted by molar-refractivity contribution is 6.48. The fourth-order valence-electron chi connectivity index (χ4n) is 5.32. The number of rotatable bonds is 5. The van der Waals surface area contributed by atoms with Crippen molar-refractivity contribution in [2.24, 2.45) is 0 Å². The van der Waals surface area contributed by atoms with Crippen LogP contribution in [0, 0.1) is 0 Å². The minimum absolute atomic E-state index is 0.137. The zero-order valence-corrected chi connectivity index (χ0v) is 20.6. The maximum absolute atomic E-state index is 13.3. The number of hydrogen-bond donors (Lipinski definition) is 1. The van der Waals surface area contributed by atoms with Crippen LogP contribution in [-0.4, -0.2) is 34.6 Å². The van der Waals surface area contributed by atoms with Gasteiger partial charge in [0.25, 0.3) is 5.91 Å². The summed E-state index contributed by atoms with van der Waals surface area (Å²) in [6, 6.07) is 27.6. The second-order valence-corrected chi connectivity index (χ2v) is 9.66. The molecule has 0 radical (unpaired) electrons. The van der Waals surface area contributed by atoms with E-state index in [9.17, 15) is 19.2 Å². The molecule has 1 atom stereocenters. The van der Waals surface area contributed by atoms with Crippen molar-refractivity contribution in [3.05, 3.63) is 113 Å². The largest absolute Gasteiger partial charge is 0.352 e. The summed E-state index contributed by atoms with van der Waals surface area (Å²) in [4.78, 5) is 54.2. The molecule has 2 aliphatic heterocycles. The fourth-order valence-corrected chi connectivity index (χ4v) is 5.32. The molecule has 1 fully saturated rings. The number of carbonyl (C=O) groups excluding carboxylic acids is 4. The van der Waals surface area contributed by atoms with E-state index < -0.39 is 23.8 Å². The Balaban J connectivity index is 1.14. The van der Waals surface area contributed by atoms with Gasteiger partial charge in [0.05, 0.1) is 12.1 Å². The molecule has 0 spiro atoms. The summed E-state index contributed by atoms with van der Waals surface area (Å²) in [5.41, 5.74) is 4.06. The van der Waals surface area contributed by atoms with Crippen LogP contribution in [-0.2, 0) is 45.1 Å². The Kier molecular flexibility index (Phi) is 5.96. The Morgan fingerprint density at radius 3 is 2.32 bits per heavy atom. The Morgan fingerprint density at radius 1 is 0.789 bits per heavy atom. The van der Waals surface area contributed by atoms with Crippen molar-refractivity contribution in [2.45, 2.75) is 32.0 Å². The average molecular weight is 504 g/mol. The molecule has 2 aliphatic rings. The number of amides is 4. The average Bonchev–Trinajstić information content (AvgIpc) is 2.95. The van der Waals surface area contributed by atoms with Gasteiger partial charge in [-0.25, -0.2) is 4.90 Å². The molecule has 2 heterocycles. The van der Waals surface area contributed by atoms with Gasteiger partial charge in [0.1, 0.15) is 6.04 Å². The van der Waals surface area contributed by atoms with E-state index in [2.05, 4.69) is 5.32 Å². The predicted molar refractivity (Wildman–Crippen MR) is 143 cm³/mol. The van der Waals surface area contributed by atoms with E-state index in [0.29, 0.717) is 18.7 Å². The summed E-state index contributed by atoms with van der Waals surface area (Å²) in [6.07, 6.45) is 0.526. The molecule has 4 aromatic rings. The van der Waals surface area contributed by atoms with Crippen molar-refractivity contribution in [3.8, 4) is 0 Å². The van der Waals surface area contributed by atoms with Crippen LogP contribution in [0.15, 0.2) is 91.0 Å². The Morgan fingerprint density at radius 2 is 1.50 bits per heavy atom. The predicted octanol–water partition coefficient (Wildman–Crippen LogP) is 3.53. The molecule has 1 N–H and O–H groups in total. The SMILES string of the molecule is O=C(Cc1ccc(N2C(=O)C(=O)N3Cc4ccccc4C[C@H]3C2=O)cc1)NCc1cccc2ccccc12. The quantitative estimate of drug-likeness (QED) is 0.334. The first-order valence-corrected chi connectivity index (χ1v) is 12.6. The van der Waals surface area contributed by atoms with Gasteiger partial charge in [-0.15, -0.1) is 0 Å². The van der Waals surface area contributed by atoms with E-state index in [1.165, 1.54) is 4.90 Å². The van der Waals surface area contributed by atoms with Crippen molar-refractivity contribution in [1.82, 2.24) is 10.2 Å². The minimum Gasteiger partial charge on any atom is -0.352 e. The zero-order chi connectivity index (χ0) is 26.2. The lowest BCUT2D eigenvalue weighted by molar-refractivity contribution is -0.154. The number of benzene rings is 4. The first-order chi connectivity index (χ1) is 18.5. The van der Waals surface area contributed by atoms with Gasteiger partial charge < -0.3 is 10.2 Å². The molecular weight excluding hydrogens is 478 g/mol. The van der Waals surface area contributed by atoms with E-state index in [4.69, 9.17) is 0 Å². The van der Waals surface area contributed by atoms with Gasteiger partial charge in [0.2, 0.25) is 5.91 Å². The highest BCUT2D eigenvalue weighted by Gasteiger charge is 2.47. The number of nitrogens with one attached hydrogen (secondary N) is 1. The number of fused-ring (bicyclic) bond motifs is 3. The van der Waals surface area contributed by atoms with Gasteiger partial charge in [-0.05, 0) is 45.2 Å². The lowest BCUT2D eigenvalue weighted by atomic mass is 9.91. The summed E-state index contributed by atoms with van der Waals surface area (Å²) in [7, 11) is 0. The van der Waals surface area contributed by atoms with Crippen LogP contribution in [0.1, 0.15) is 22.3 Å². The Hall–Kier alpha value is -4.78. The van der Waals surface area contributed by atoms with Crippen LogP contribution < -0.4 is 10.2 Å². The first kappa shape index (κ1) is 23.6. The third-order valence-corrected chi connectivity index (χ3v) is 7.32. The van der Waals surface area contributed by atoms with Gasteiger partial charge >= 0.3 is 11.8 Å². The summed E-state index contributed by atoms with van der Waals surface area (Å²) in [5, 5.41) is 5.19. The first-order valence-electron chi connectivity index (χ1n) is 12.6. The third-order valence-electron chi connectivity index (χ3n) is 7.32. The molecule has 4 aromatic carbocycles. The van der Waals surface area contributed by atoms with E-state index >= 15 is 0 Å². The highest BCUT2D eigenvalue weighted by atomic mass is 16.2. The highest BCUT2D eigenvalue weighted by Crippen LogP contribution is 2.30. The van der Waals surface area contributed by atoms with Gasteiger partial charge in [0.15, 0.2) is 0 Å². The monoisotopic (exact) mass is 503 g/mol. The number of carbonyl (C=O) groups is 4. The lowest BCUT2D eigenvalue weighted by Gasteiger charge is -2.41. The molecule has 6 rings (SSSR count). The number of hydrogen-bond acceptors (Lipinski definition) is 4. The fraction of sp³-hybridized carbons (Fsp3) is 0.161. The molecule has 0 unspecified atom stereocenters. The molecule has 4 amide bonds. The van der Waals surface area contributed by atoms with E-state index in [0.717, 1.165) is 37.9 Å². The second-order valence-electron chi connectivity index (χ2n) is 9.66. The molecule has 7 nitrogen and oxygen atoms in total. The van der Waals surface area contributed by atoms with Crippen molar-refractivity contribution >= 4 is 40.1 Å². The summed E-state index contributed by atoms with van der Waals surface area (Å²) in [6.45, 7) is 0.663. The lowest BCUT2D eigenvalue weighted by Crippen LogP contribution is -2.64. The summed E-state index contributed by atoms with van der Waals surface area (Å²) < 4.78 is 0. The minimum atomic E-state index is -0.855. The molecule has 1 saturated heterocycles. The molecule has 0 aliphatic carbocycles. The summed E-state index contributed by atoms with van der Waals surface area (Å²) >= 11 is 0. The standard InChI is InChI=1S/C31H25N3O4/c35-28(32-18-23-10-5-9-21-6-3-4-11-26(21)23)16-20-12-14-25(15-13-20)34-29(36)27-17-22-7-1-2-8-24(22)19-33(27)30(37)31(34)38/h1-15,27H,16-19H2,(H,32,35)/t27-/m0/s1. The van der Waals surface area contributed by atoms with Crippen molar-refractivity contribution < 1.29 is 19.2 Å². The van der Waals surface area contributed by atoms with E-state index in [1.807, 2.05) is 66.7 Å². The van der Waals surface area contributed by atoms with Crippen LogP contribution in [0.25, 0.3) is 10.8 Å². The van der Waals surface area contributed by atoms with Gasteiger partial charge in [-0.3, -0.25) is 19.2 Å². The molecule has 38 heavy (non-hydrogen) atoms. The Bertz CT molecular complexity index is 1590. The van der Waals surface area contributed by atoms with Crippen LogP contribution in [0.2, 0.25) is 0 Å². The smallest absolute Gasteiger partial charge is 0.323 e. The van der Waals surface area contributed by atoms with Gasteiger partial charge in [-0.1, -0.05) is 78.9 Å². The number of anilines is 1. The number of piperazine rings is 1. The van der Waals surface area contributed by atoms with E-state index in [1.54, 1.807) is 24.3 Å². The molecule has 188 valence electrons. The Labute approximate surface area is 219 Å². The van der Waals surface area contributed by atoms with E-state index in [-0.39, 0.29) is 18.9 Å². The normalized spacial score (nSPS) is 16.8. The van der Waals surface area contributed by atoms with Gasteiger partial charge in [-0.2, -0.15) is 0 Å². The van der Waals surface area contributed by atoms with Crippen molar-refractivity contribution in [2.75, 3.05) is 4.90 Å². The molecule has 0 bridgehead atoms. The zero-order valence-electron chi connectivity index (χ0n) is 20.6. The third kappa shape index (κ3) is 4.22. The van der Waals surface area contributed by atoms with Crippen LogP contribution in [0.4, 0.5) is 5.69 Å². The maximum Gasteiger partial charge on any atom is 0.323 e. The molecular formula is C31H25N3O4. The molecule has 0 saturated carbocycles. The van der Waals surface area contributed by atoms with Crippen molar-refractivity contribution in [1.29, 1.82) is 0 Å². The van der Waals surface area contributed by atoms with Gasteiger partial charge in [0, 0.05) is 19.5 Å². The topological polar surface area (TPSA) is 86.8 Å². The number of imide groups is 1. The van der Waals surface area contributed by atoms with Crippen LogP contribution in [0.3, 0.4) is 0 Å². The second kappa shape index (κ2) is 9.59. The van der Waals surface area contributed by atoms with Crippen LogP contribution >= 0.6 is 0 Å².